The molecule has 1 aliphatic heterocycles. The molecule has 0 spiro atoms. The summed E-state index contributed by atoms with van der Waals surface area (Å²) in [6, 6.07) is 0. The van der Waals surface area contributed by atoms with Crippen LogP contribution in [0.5, 0.6) is 0 Å². The van der Waals surface area contributed by atoms with Gasteiger partial charge in [0.1, 0.15) is 0 Å². The monoisotopic (exact) mass is 228 g/mol. The molecule has 2 atom stereocenters. The Labute approximate surface area is 84.0 Å². The van der Waals surface area contributed by atoms with Crippen molar-refractivity contribution >= 4 is 5.97 Å². The summed E-state index contributed by atoms with van der Waals surface area (Å²) in [5.74, 6) is -4.26. The van der Waals surface area contributed by atoms with Gasteiger partial charge in [-0.15, -0.1) is 0 Å². The van der Waals surface area contributed by atoms with Gasteiger partial charge in [-0.3, -0.25) is 4.79 Å². The fourth-order valence-corrected chi connectivity index (χ4v) is 1.31. The van der Waals surface area contributed by atoms with Crippen molar-refractivity contribution in [3.8, 4) is 0 Å². The van der Waals surface area contributed by atoms with Crippen LogP contribution in [0.3, 0.4) is 0 Å². The number of aliphatic carboxylic acids is 1. The van der Waals surface area contributed by atoms with Crippen molar-refractivity contribution in [1.29, 1.82) is 0 Å². The fourth-order valence-electron chi connectivity index (χ4n) is 1.31. The SMILES string of the molecule is O=C(O)[C@@H](C[C@@H]1COCCO1)C(F)(F)F. The first-order valence-electron chi connectivity index (χ1n) is 4.40. The van der Waals surface area contributed by atoms with E-state index in [9.17, 15) is 18.0 Å². The summed E-state index contributed by atoms with van der Waals surface area (Å²) in [5, 5.41) is 8.42. The van der Waals surface area contributed by atoms with E-state index in [2.05, 4.69) is 0 Å². The molecule has 0 saturated carbocycles. The summed E-state index contributed by atoms with van der Waals surface area (Å²) in [7, 11) is 0. The highest BCUT2D eigenvalue weighted by molar-refractivity contribution is 5.70. The highest BCUT2D eigenvalue weighted by Gasteiger charge is 2.46. The van der Waals surface area contributed by atoms with E-state index in [1.165, 1.54) is 0 Å². The van der Waals surface area contributed by atoms with Crippen molar-refractivity contribution < 1.29 is 32.5 Å². The van der Waals surface area contributed by atoms with E-state index >= 15 is 0 Å². The number of alkyl halides is 3. The van der Waals surface area contributed by atoms with Gasteiger partial charge in [0.2, 0.25) is 0 Å². The van der Waals surface area contributed by atoms with Crippen LogP contribution in [0.25, 0.3) is 0 Å². The van der Waals surface area contributed by atoms with Crippen LogP contribution in [0.2, 0.25) is 0 Å². The van der Waals surface area contributed by atoms with Gasteiger partial charge in [-0.25, -0.2) is 0 Å². The van der Waals surface area contributed by atoms with Crippen molar-refractivity contribution in [2.75, 3.05) is 19.8 Å². The summed E-state index contributed by atoms with van der Waals surface area (Å²) < 4.78 is 46.6. The molecule has 1 aliphatic rings. The molecule has 0 radical (unpaired) electrons. The number of ether oxygens (including phenoxy) is 2. The molecule has 1 fully saturated rings. The van der Waals surface area contributed by atoms with Gasteiger partial charge >= 0.3 is 12.1 Å². The second-order valence-corrected chi connectivity index (χ2v) is 3.24. The molecule has 0 amide bonds. The van der Waals surface area contributed by atoms with E-state index in [1.54, 1.807) is 0 Å². The van der Waals surface area contributed by atoms with Crippen LogP contribution in [0.15, 0.2) is 0 Å². The first-order chi connectivity index (χ1) is 6.91. The van der Waals surface area contributed by atoms with Crippen LogP contribution in [0.1, 0.15) is 6.42 Å². The molecule has 15 heavy (non-hydrogen) atoms. The quantitative estimate of drug-likeness (QED) is 0.784. The number of hydrogen-bond donors (Lipinski definition) is 1. The van der Waals surface area contributed by atoms with Gasteiger partial charge in [-0.05, 0) is 6.42 Å². The summed E-state index contributed by atoms with van der Waals surface area (Å²) in [5.41, 5.74) is 0. The zero-order valence-corrected chi connectivity index (χ0v) is 7.79. The van der Waals surface area contributed by atoms with Crippen LogP contribution >= 0.6 is 0 Å². The molecule has 1 heterocycles. The molecule has 1 rings (SSSR count). The van der Waals surface area contributed by atoms with Gasteiger partial charge < -0.3 is 14.6 Å². The van der Waals surface area contributed by atoms with Crippen molar-refractivity contribution in [1.82, 2.24) is 0 Å². The lowest BCUT2D eigenvalue weighted by Gasteiger charge is -2.26. The number of carboxylic acids is 1. The standard InChI is InChI=1S/C8H11F3O4/c9-8(10,11)6(7(12)13)3-5-4-14-1-2-15-5/h5-6H,1-4H2,(H,12,13)/t5-,6-/m1/s1. The van der Waals surface area contributed by atoms with E-state index in [0.29, 0.717) is 6.61 Å². The largest absolute Gasteiger partial charge is 0.481 e. The third kappa shape index (κ3) is 3.67. The van der Waals surface area contributed by atoms with Crippen molar-refractivity contribution in [3.63, 3.8) is 0 Å². The third-order valence-corrected chi connectivity index (χ3v) is 2.08. The van der Waals surface area contributed by atoms with Gasteiger partial charge in [0, 0.05) is 0 Å². The molecule has 7 heteroatoms. The second-order valence-electron chi connectivity index (χ2n) is 3.24. The molecular weight excluding hydrogens is 217 g/mol. The van der Waals surface area contributed by atoms with Gasteiger partial charge in [-0.1, -0.05) is 0 Å². The Morgan fingerprint density at radius 1 is 1.47 bits per heavy atom. The van der Waals surface area contributed by atoms with Crippen LogP contribution < -0.4 is 0 Å². The van der Waals surface area contributed by atoms with Crippen LogP contribution in [-0.2, 0) is 14.3 Å². The molecule has 0 aromatic heterocycles. The minimum atomic E-state index is -4.74. The lowest BCUT2D eigenvalue weighted by Crippen LogP contribution is -2.38. The zero-order valence-electron chi connectivity index (χ0n) is 7.79. The highest BCUT2D eigenvalue weighted by atomic mass is 19.4. The average molecular weight is 228 g/mol. The molecule has 0 bridgehead atoms. The number of carboxylic acid groups (broad SMARTS) is 1. The first-order valence-corrected chi connectivity index (χ1v) is 4.40. The van der Waals surface area contributed by atoms with Crippen LogP contribution in [0, 0.1) is 5.92 Å². The molecule has 0 aromatic carbocycles. The minimum Gasteiger partial charge on any atom is -0.481 e. The lowest BCUT2D eigenvalue weighted by molar-refractivity contribution is -0.204. The fraction of sp³-hybridized carbons (Fsp3) is 0.875. The topological polar surface area (TPSA) is 55.8 Å². The predicted octanol–water partition coefficient (Wildman–Crippen LogP) is 1.05. The first kappa shape index (κ1) is 12.3. The molecule has 1 saturated heterocycles. The third-order valence-electron chi connectivity index (χ3n) is 2.08. The molecule has 4 nitrogen and oxygen atoms in total. The molecule has 0 aliphatic carbocycles. The average Bonchev–Trinajstić information content (AvgIpc) is 2.13. The normalized spacial score (nSPS) is 24.9. The number of halogens is 3. The molecule has 0 unspecified atom stereocenters. The van der Waals surface area contributed by atoms with E-state index in [0.717, 1.165) is 0 Å². The smallest absolute Gasteiger partial charge is 0.402 e. The predicted molar refractivity (Wildman–Crippen MR) is 42.4 cm³/mol. The molecular formula is C8H11F3O4. The zero-order chi connectivity index (χ0) is 11.5. The summed E-state index contributed by atoms with van der Waals surface area (Å²) >= 11 is 0. The van der Waals surface area contributed by atoms with E-state index in [1.807, 2.05) is 0 Å². The lowest BCUT2D eigenvalue weighted by atomic mass is 10.0. The number of carbonyl (C=O) groups is 1. The van der Waals surface area contributed by atoms with Crippen molar-refractivity contribution in [3.05, 3.63) is 0 Å². The molecule has 0 aromatic rings. The molecule has 1 N–H and O–H groups in total. The molecule has 88 valence electrons. The van der Waals surface area contributed by atoms with E-state index in [4.69, 9.17) is 14.6 Å². The van der Waals surface area contributed by atoms with Gasteiger partial charge in [0.15, 0.2) is 5.92 Å². The Morgan fingerprint density at radius 3 is 2.53 bits per heavy atom. The second kappa shape index (κ2) is 4.80. The van der Waals surface area contributed by atoms with Gasteiger partial charge in [0.25, 0.3) is 0 Å². The van der Waals surface area contributed by atoms with Crippen LogP contribution in [-0.4, -0.2) is 43.2 Å². The Balaban J connectivity index is 2.54. The maximum Gasteiger partial charge on any atom is 0.402 e. The maximum absolute atomic E-state index is 12.2. The Bertz CT molecular complexity index is 222. The number of hydrogen-bond acceptors (Lipinski definition) is 3. The highest BCUT2D eigenvalue weighted by Crippen LogP contribution is 2.31. The van der Waals surface area contributed by atoms with Gasteiger partial charge in [-0.2, -0.15) is 13.2 Å². The Morgan fingerprint density at radius 2 is 2.13 bits per heavy atom. The van der Waals surface area contributed by atoms with E-state index in [-0.39, 0.29) is 13.2 Å². The van der Waals surface area contributed by atoms with Crippen molar-refractivity contribution in [2.45, 2.75) is 18.7 Å². The Hall–Kier alpha value is -0.820. The summed E-state index contributed by atoms with van der Waals surface area (Å²) in [4.78, 5) is 10.4. The maximum atomic E-state index is 12.2. The van der Waals surface area contributed by atoms with E-state index < -0.39 is 30.6 Å². The number of rotatable bonds is 3. The minimum absolute atomic E-state index is 0.0137. The Kier molecular flexibility index (Phi) is 3.92. The van der Waals surface area contributed by atoms with Crippen molar-refractivity contribution in [2.24, 2.45) is 5.92 Å². The summed E-state index contributed by atoms with van der Waals surface area (Å²) in [6.07, 6.45) is -6.13. The van der Waals surface area contributed by atoms with Crippen LogP contribution in [0.4, 0.5) is 13.2 Å². The van der Waals surface area contributed by atoms with Gasteiger partial charge in [0.05, 0.1) is 25.9 Å². The summed E-state index contributed by atoms with van der Waals surface area (Å²) in [6.45, 7) is 0.551.